The third-order valence-electron chi connectivity index (χ3n) is 1.14. The molecule has 0 fully saturated rings. The van der Waals surface area contributed by atoms with Gasteiger partial charge in [-0.25, -0.2) is 4.98 Å². The topological polar surface area (TPSA) is 28.7 Å². The maximum absolute atomic E-state index is 7.72. The maximum atomic E-state index is 7.72. The van der Waals surface area contributed by atoms with Crippen LogP contribution in [0, 0.1) is 6.85 Å². The van der Waals surface area contributed by atoms with E-state index in [2.05, 4.69) is 9.97 Å². The zero-order valence-electron chi connectivity index (χ0n) is 11.9. The Labute approximate surface area is 68.7 Å². The number of hydrogen-bond acceptors (Lipinski definition) is 1. The van der Waals surface area contributed by atoms with Gasteiger partial charge in [-0.15, -0.1) is 0 Å². The van der Waals surface area contributed by atoms with Crippen LogP contribution < -0.4 is 0 Å². The Bertz CT molecular complexity index is 598. The second-order valence-corrected chi connectivity index (χ2v) is 1.82. The fourth-order valence-corrected chi connectivity index (χ4v) is 0.710. The molecule has 0 aliphatic heterocycles. The Morgan fingerprint density at radius 2 is 2.70 bits per heavy atom. The summed E-state index contributed by atoms with van der Waals surface area (Å²) in [5, 5.41) is 0. The van der Waals surface area contributed by atoms with E-state index in [1.54, 1.807) is 0 Å². The molecule has 0 spiro atoms. The third kappa shape index (κ3) is 0.692. The lowest BCUT2D eigenvalue weighted by atomic mass is 10.2. The summed E-state index contributed by atoms with van der Waals surface area (Å²) in [6.45, 7) is -2.64. The van der Waals surface area contributed by atoms with Crippen LogP contribution in [0.25, 0.3) is 11.0 Å². The molecule has 0 aliphatic carbocycles. The van der Waals surface area contributed by atoms with E-state index in [1.165, 1.54) is 0 Å². The minimum atomic E-state index is -2.64. The molecule has 2 heteroatoms. The van der Waals surface area contributed by atoms with Gasteiger partial charge in [0.15, 0.2) is 0 Å². The molecule has 0 saturated heterocycles. The minimum absolute atomic E-state index is 0.0536. The fraction of sp³-hybridized carbons (Fsp3) is 0.125. The molecular formula is C8H8N2. The highest BCUT2D eigenvalue weighted by molar-refractivity contribution is 5.74. The molecule has 0 bridgehead atoms. The SMILES string of the molecule is [2H]c1nc2c([2H])c(C([2H])([2H])[2H])c([2H])c([2H])c2[nH]1. The summed E-state index contributed by atoms with van der Waals surface area (Å²) in [4.78, 5) is 6.09. The van der Waals surface area contributed by atoms with Crippen LogP contribution in [-0.2, 0) is 0 Å². The second kappa shape index (κ2) is 1.84. The first kappa shape index (κ1) is 1.84. The van der Waals surface area contributed by atoms with Crippen molar-refractivity contribution in [2.45, 2.75) is 6.85 Å². The first-order valence-corrected chi connectivity index (χ1v) is 2.70. The van der Waals surface area contributed by atoms with Gasteiger partial charge in [0.25, 0.3) is 0 Å². The lowest BCUT2D eigenvalue weighted by molar-refractivity contribution is 1.34. The lowest BCUT2D eigenvalue weighted by Gasteiger charge is -1.89. The molecule has 2 nitrogen and oxygen atoms in total. The predicted octanol–water partition coefficient (Wildman–Crippen LogP) is 1.87. The van der Waals surface area contributed by atoms with Crippen molar-refractivity contribution in [2.75, 3.05) is 0 Å². The molecule has 50 valence electrons. The van der Waals surface area contributed by atoms with Gasteiger partial charge < -0.3 is 4.98 Å². The number of imidazole rings is 1. The van der Waals surface area contributed by atoms with Crippen molar-refractivity contribution in [1.82, 2.24) is 9.97 Å². The smallest absolute Gasteiger partial charge is 0.104 e. The number of aromatic amines is 1. The predicted molar refractivity (Wildman–Crippen MR) is 40.8 cm³/mol. The summed E-state index contributed by atoms with van der Waals surface area (Å²) in [5.74, 6) is 0. The first-order chi connectivity index (χ1) is 7.73. The van der Waals surface area contributed by atoms with Gasteiger partial charge in [0.05, 0.1) is 21.4 Å². The van der Waals surface area contributed by atoms with Crippen LogP contribution in [0.15, 0.2) is 24.4 Å². The molecule has 0 saturated carbocycles. The number of benzene rings is 1. The molecule has 1 heterocycles. The van der Waals surface area contributed by atoms with E-state index in [1.807, 2.05) is 0 Å². The average molecular weight is 139 g/mol. The van der Waals surface area contributed by atoms with Crippen LogP contribution in [0.2, 0.25) is 0 Å². The van der Waals surface area contributed by atoms with Gasteiger partial charge in [-0.3, -0.25) is 0 Å². The standard InChI is InChI=1S/C8H8N2/c1-6-2-3-7-8(4-6)10-5-9-7/h2-5H,1H3,(H,9,10)/i1D3,2D,3D,4D,5D. The van der Waals surface area contributed by atoms with Crippen LogP contribution in [0.5, 0.6) is 0 Å². The van der Waals surface area contributed by atoms with Crippen molar-refractivity contribution in [3.8, 4) is 0 Å². The van der Waals surface area contributed by atoms with Crippen molar-refractivity contribution in [3.63, 3.8) is 0 Å². The van der Waals surface area contributed by atoms with E-state index in [9.17, 15) is 0 Å². The number of H-pyrrole nitrogens is 1. The van der Waals surface area contributed by atoms with E-state index >= 15 is 0 Å². The Morgan fingerprint density at radius 1 is 1.70 bits per heavy atom. The van der Waals surface area contributed by atoms with Crippen LogP contribution in [0.3, 0.4) is 0 Å². The van der Waals surface area contributed by atoms with Crippen molar-refractivity contribution in [2.24, 2.45) is 0 Å². The summed E-state index contributed by atoms with van der Waals surface area (Å²) in [6.07, 6.45) is -0.260. The van der Waals surface area contributed by atoms with Crippen molar-refractivity contribution in [1.29, 1.82) is 0 Å². The van der Waals surface area contributed by atoms with E-state index in [0.717, 1.165) is 0 Å². The number of fused-ring (bicyclic) bond motifs is 1. The Kier molecular flexibility index (Phi) is 0.339. The molecule has 1 aromatic carbocycles. The molecule has 10 heavy (non-hydrogen) atoms. The van der Waals surface area contributed by atoms with Gasteiger partial charge in [-0.1, -0.05) is 6.04 Å². The zero-order valence-corrected chi connectivity index (χ0v) is 4.95. The van der Waals surface area contributed by atoms with Gasteiger partial charge >= 0.3 is 0 Å². The normalized spacial score (nSPS) is 21.8. The quantitative estimate of drug-likeness (QED) is 0.593. The van der Waals surface area contributed by atoms with E-state index in [4.69, 9.17) is 9.60 Å². The molecule has 2 rings (SSSR count). The lowest BCUT2D eigenvalue weighted by Crippen LogP contribution is -1.71. The van der Waals surface area contributed by atoms with Crippen molar-refractivity contribution in [3.05, 3.63) is 30.0 Å². The van der Waals surface area contributed by atoms with Gasteiger partial charge in [0.2, 0.25) is 0 Å². The molecule has 0 aliphatic rings. The van der Waals surface area contributed by atoms with Crippen LogP contribution in [0.4, 0.5) is 0 Å². The number of aromatic nitrogens is 2. The molecule has 0 unspecified atom stereocenters. The number of hydrogen-bond donors (Lipinski definition) is 1. The minimum Gasteiger partial charge on any atom is -0.345 e. The highest BCUT2D eigenvalue weighted by atomic mass is 14.9. The first-order valence-electron chi connectivity index (χ1n) is 6.20. The summed E-state index contributed by atoms with van der Waals surface area (Å²) >= 11 is 0. The zero-order chi connectivity index (χ0) is 13.0. The monoisotopic (exact) mass is 139 g/mol. The molecular weight excluding hydrogens is 124 g/mol. The maximum Gasteiger partial charge on any atom is 0.104 e. The van der Waals surface area contributed by atoms with E-state index in [0.29, 0.717) is 0 Å². The molecule has 1 aromatic heterocycles. The summed E-state index contributed by atoms with van der Waals surface area (Å²) in [6, 6.07) is -1.30. The molecule has 1 N–H and O–H groups in total. The van der Waals surface area contributed by atoms with Crippen LogP contribution in [-0.4, -0.2) is 9.97 Å². The average Bonchev–Trinajstić information content (AvgIpc) is 2.55. The van der Waals surface area contributed by atoms with Crippen molar-refractivity contribution < 1.29 is 9.60 Å². The largest absolute Gasteiger partial charge is 0.345 e. The van der Waals surface area contributed by atoms with Crippen LogP contribution in [0.1, 0.15) is 15.2 Å². The third-order valence-corrected chi connectivity index (χ3v) is 1.14. The van der Waals surface area contributed by atoms with Gasteiger partial charge in [-0.05, 0) is 24.5 Å². The highest BCUT2D eigenvalue weighted by Crippen LogP contribution is 2.09. The van der Waals surface area contributed by atoms with Crippen LogP contribution >= 0.6 is 0 Å². The Hall–Kier alpha value is -1.31. The molecule has 0 radical (unpaired) electrons. The number of nitrogens with zero attached hydrogens (tertiary/aromatic N) is 1. The highest BCUT2D eigenvalue weighted by Gasteiger charge is 1.92. The summed E-state index contributed by atoms with van der Waals surface area (Å²) in [7, 11) is 0. The van der Waals surface area contributed by atoms with E-state index in [-0.39, 0.29) is 23.4 Å². The van der Waals surface area contributed by atoms with Crippen molar-refractivity contribution >= 4 is 11.0 Å². The number of rotatable bonds is 0. The summed E-state index contributed by atoms with van der Waals surface area (Å²) < 4.78 is 52.0. The Morgan fingerprint density at radius 3 is 3.60 bits per heavy atom. The number of nitrogens with one attached hydrogen (secondary N) is 1. The second-order valence-electron chi connectivity index (χ2n) is 1.82. The molecule has 0 amide bonds. The Balaban J connectivity index is 2.96. The fourth-order valence-electron chi connectivity index (χ4n) is 0.710. The summed E-state index contributed by atoms with van der Waals surface area (Å²) in [5.41, 5.74) is -0.498. The van der Waals surface area contributed by atoms with Gasteiger partial charge in [-0.2, -0.15) is 0 Å². The van der Waals surface area contributed by atoms with Gasteiger partial charge in [0.1, 0.15) is 1.37 Å². The molecule has 2 aromatic rings. The molecule has 0 atom stereocenters. The van der Waals surface area contributed by atoms with E-state index < -0.39 is 24.5 Å². The van der Waals surface area contributed by atoms with Gasteiger partial charge in [0, 0.05) is 4.11 Å².